The summed E-state index contributed by atoms with van der Waals surface area (Å²) in [5.74, 6) is -1.12. The van der Waals surface area contributed by atoms with Crippen molar-refractivity contribution in [3.05, 3.63) is 64.7 Å². The summed E-state index contributed by atoms with van der Waals surface area (Å²) in [7, 11) is 0. The number of rotatable bonds is 6. The SMILES string of the molecule is CCCC[C@H](C(=O)Nc1cc(C)ccc1C)N1C(=O)c2ccccc2C1=O. The van der Waals surface area contributed by atoms with Gasteiger partial charge in [-0.05, 0) is 49.6 Å². The molecule has 0 unspecified atom stereocenters. The number of anilines is 1. The van der Waals surface area contributed by atoms with Crippen molar-refractivity contribution in [2.24, 2.45) is 0 Å². The maximum atomic E-state index is 13.1. The van der Waals surface area contributed by atoms with Crippen LogP contribution in [-0.2, 0) is 4.79 Å². The molecule has 2 aromatic carbocycles. The maximum absolute atomic E-state index is 13.1. The van der Waals surface area contributed by atoms with Crippen LogP contribution in [0.25, 0.3) is 0 Å². The Balaban J connectivity index is 1.90. The summed E-state index contributed by atoms with van der Waals surface area (Å²) in [4.78, 5) is 39.8. The third kappa shape index (κ3) is 3.63. The lowest BCUT2D eigenvalue weighted by atomic mass is 10.1. The molecule has 5 nitrogen and oxygen atoms in total. The molecule has 1 N–H and O–H groups in total. The fourth-order valence-corrected chi connectivity index (χ4v) is 3.35. The number of benzene rings is 2. The molecule has 0 fully saturated rings. The first kappa shape index (κ1) is 18.8. The van der Waals surface area contributed by atoms with E-state index in [1.54, 1.807) is 24.3 Å². The van der Waals surface area contributed by atoms with Gasteiger partial charge < -0.3 is 5.32 Å². The number of hydrogen-bond donors (Lipinski definition) is 1. The first-order chi connectivity index (χ1) is 12.9. The molecule has 1 aliphatic heterocycles. The van der Waals surface area contributed by atoms with Gasteiger partial charge in [-0.3, -0.25) is 19.3 Å². The Bertz CT molecular complexity index is 869. The van der Waals surface area contributed by atoms with Crippen LogP contribution < -0.4 is 5.32 Å². The Labute approximate surface area is 159 Å². The molecule has 1 aliphatic rings. The first-order valence-electron chi connectivity index (χ1n) is 9.29. The summed E-state index contributed by atoms with van der Waals surface area (Å²) in [5.41, 5.74) is 3.40. The van der Waals surface area contributed by atoms with E-state index in [2.05, 4.69) is 5.32 Å². The maximum Gasteiger partial charge on any atom is 0.262 e. The van der Waals surface area contributed by atoms with Gasteiger partial charge in [-0.25, -0.2) is 0 Å². The van der Waals surface area contributed by atoms with E-state index in [0.717, 1.165) is 28.9 Å². The van der Waals surface area contributed by atoms with Crippen LogP contribution in [0.4, 0.5) is 5.69 Å². The van der Waals surface area contributed by atoms with Gasteiger partial charge in [-0.2, -0.15) is 0 Å². The number of carbonyl (C=O) groups excluding carboxylic acids is 3. The van der Waals surface area contributed by atoms with Gasteiger partial charge in [0.15, 0.2) is 0 Å². The highest BCUT2D eigenvalue weighted by Gasteiger charge is 2.42. The smallest absolute Gasteiger partial charge is 0.262 e. The molecule has 0 bridgehead atoms. The number of hydrogen-bond acceptors (Lipinski definition) is 3. The highest BCUT2D eigenvalue weighted by atomic mass is 16.2. The lowest BCUT2D eigenvalue weighted by Gasteiger charge is -2.25. The van der Waals surface area contributed by atoms with Crippen molar-refractivity contribution >= 4 is 23.4 Å². The van der Waals surface area contributed by atoms with E-state index >= 15 is 0 Å². The Hall–Kier alpha value is -2.95. The third-order valence-electron chi connectivity index (χ3n) is 4.92. The van der Waals surface area contributed by atoms with Crippen LogP contribution in [0.5, 0.6) is 0 Å². The minimum absolute atomic E-state index is 0.327. The number of nitrogens with one attached hydrogen (secondary N) is 1. The van der Waals surface area contributed by atoms with Gasteiger partial charge in [0.1, 0.15) is 6.04 Å². The highest BCUT2D eigenvalue weighted by Crippen LogP contribution is 2.27. The molecule has 0 saturated carbocycles. The Morgan fingerprint density at radius 3 is 2.26 bits per heavy atom. The normalized spacial score (nSPS) is 14.3. The van der Waals surface area contributed by atoms with Gasteiger partial charge in [0, 0.05) is 5.69 Å². The summed E-state index contributed by atoms with van der Waals surface area (Å²) >= 11 is 0. The lowest BCUT2D eigenvalue weighted by Crippen LogP contribution is -2.47. The van der Waals surface area contributed by atoms with E-state index < -0.39 is 17.9 Å². The van der Waals surface area contributed by atoms with Crippen LogP contribution in [0.3, 0.4) is 0 Å². The van der Waals surface area contributed by atoms with Crippen molar-refractivity contribution in [3.8, 4) is 0 Å². The number of aryl methyl sites for hydroxylation is 2. The minimum atomic E-state index is -0.822. The molecular formula is C22H24N2O3. The van der Waals surface area contributed by atoms with E-state index in [0.29, 0.717) is 23.2 Å². The Morgan fingerprint density at radius 1 is 1.04 bits per heavy atom. The summed E-state index contributed by atoms with van der Waals surface area (Å²) in [6.07, 6.45) is 2.06. The number of fused-ring (bicyclic) bond motifs is 1. The summed E-state index contributed by atoms with van der Waals surface area (Å²) < 4.78 is 0. The zero-order valence-electron chi connectivity index (χ0n) is 15.9. The van der Waals surface area contributed by atoms with Crippen molar-refractivity contribution in [2.75, 3.05) is 5.32 Å². The molecule has 0 spiro atoms. The second-order valence-electron chi connectivity index (χ2n) is 6.99. The van der Waals surface area contributed by atoms with E-state index in [1.807, 2.05) is 39.0 Å². The topological polar surface area (TPSA) is 66.5 Å². The van der Waals surface area contributed by atoms with E-state index in [1.165, 1.54) is 0 Å². The van der Waals surface area contributed by atoms with Gasteiger partial charge in [0.25, 0.3) is 11.8 Å². The fourth-order valence-electron chi connectivity index (χ4n) is 3.35. The van der Waals surface area contributed by atoms with Crippen molar-refractivity contribution in [2.45, 2.75) is 46.1 Å². The van der Waals surface area contributed by atoms with Gasteiger partial charge in [-0.1, -0.05) is 44.0 Å². The molecule has 1 heterocycles. The van der Waals surface area contributed by atoms with Crippen molar-refractivity contribution in [1.82, 2.24) is 4.90 Å². The lowest BCUT2D eigenvalue weighted by molar-refractivity contribution is -0.120. The molecule has 0 radical (unpaired) electrons. The van der Waals surface area contributed by atoms with Crippen LogP contribution in [-0.4, -0.2) is 28.7 Å². The second kappa shape index (κ2) is 7.74. The highest BCUT2D eigenvalue weighted by molar-refractivity contribution is 6.23. The van der Waals surface area contributed by atoms with Gasteiger partial charge in [-0.15, -0.1) is 0 Å². The van der Waals surface area contributed by atoms with E-state index in [9.17, 15) is 14.4 Å². The minimum Gasteiger partial charge on any atom is -0.324 e. The van der Waals surface area contributed by atoms with Crippen LogP contribution in [0.1, 0.15) is 58.0 Å². The van der Waals surface area contributed by atoms with Gasteiger partial charge in [0.05, 0.1) is 11.1 Å². The van der Waals surface area contributed by atoms with Crippen LogP contribution in [0.2, 0.25) is 0 Å². The first-order valence-corrected chi connectivity index (χ1v) is 9.29. The zero-order valence-corrected chi connectivity index (χ0v) is 15.9. The molecule has 5 heteroatoms. The van der Waals surface area contributed by atoms with Crippen LogP contribution in [0.15, 0.2) is 42.5 Å². The van der Waals surface area contributed by atoms with Crippen LogP contribution >= 0.6 is 0 Å². The predicted molar refractivity (Wildman–Crippen MR) is 105 cm³/mol. The monoisotopic (exact) mass is 364 g/mol. The average Bonchev–Trinajstić information content (AvgIpc) is 2.90. The number of amides is 3. The molecule has 27 heavy (non-hydrogen) atoms. The number of imide groups is 1. The molecule has 0 aliphatic carbocycles. The Kier molecular flexibility index (Phi) is 5.40. The second-order valence-corrected chi connectivity index (χ2v) is 6.99. The zero-order chi connectivity index (χ0) is 19.6. The molecule has 3 amide bonds. The molecule has 0 saturated heterocycles. The number of unbranched alkanes of at least 4 members (excludes halogenated alkanes) is 1. The van der Waals surface area contributed by atoms with Crippen molar-refractivity contribution in [1.29, 1.82) is 0 Å². The van der Waals surface area contributed by atoms with E-state index in [-0.39, 0.29) is 5.91 Å². The fraction of sp³-hybridized carbons (Fsp3) is 0.318. The molecular weight excluding hydrogens is 340 g/mol. The Morgan fingerprint density at radius 2 is 1.67 bits per heavy atom. The number of carbonyl (C=O) groups is 3. The van der Waals surface area contributed by atoms with E-state index in [4.69, 9.17) is 0 Å². The molecule has 1 atom stereocenters. The van der Waals surface area contributed by atoms with Crippen molar-refractivity contribution in [3.63, 3.8) is 0 Å². The standard InChI is InChI=1S/C22H24N2O3/c1-4-5-10-19(20(25)23-18-13-14(2)11-12-15(18)3)24-21(26)16-8-6-7-9-17(16)22(24)27/h6-9,11-13,19H,4-5,10H2,1-3H3,(H,23,25)/t19-/m1/s1. The summed E-state index contributed by atoms with van der Waals surface area (Å²) in [5, 5.41) is 2.92. The number of nitrogens with zero attached hydrogens (tertiary/aromatic N) is 1. The molecule has 140 valence electrons. The van der Waals surface area contributed by atoms with Crippen molar-refractivity contribution < 1.29 is 14.4 Å². The third-order valence-corrected chi connectivity index (χ3v) is 4.92. The summed E-state index contributed by atoms with van der Waals surface area (Å²) in [6.45, 7) is 5.88. The molecule has 0 aromatic heterocycles. The quantitative estimate of drug-likeness (QED) is 0.785. The molecule has 3 rings (SSSR count). The summed E-state index contributed by atoms with van der Waals surface area (Å²) in [6, 6.07) is 11.7. The van der Waals surface area contributed by atoms with Gasteiger partial charge >= 0.3 is 0 Å². The average molecular weight is 364 g/mol. The molecule has 2 aromatic rings. The largest absolute Gasteiger partial charge is 0.324 e. The predicted octanol–water partition coefficient (Wildman–Crippen LogP) is 4.10. The van der Waals surface area contributed by atoms with Gasteiger partial charge in [0.2, 0.25) is 5.91 Å². The van der Waals surface area contributed by atoms with Crippen LogP contribution in [0, 0.1) is 13.8 Å².